The molecule has 2 aromatic carbocycles. The van der Waals surface area contributed by atoms with Crippen LogP contribution in [-0.4, -0.2) is 14.2 Å². The van der Waals surface area contributed by atoms with Crippen molar-refractivity contribution in [3.8, 4) is 17.2 Å². The lowest BCUT2D eigenvalue weighted by Gasteiger charge is -2.12. The fourth-order valence-corrected chi connectivity index (χ4v) is 2.63. The molecule has 0 saturated heterocycles. The average molecular weight is 372 g/mol. The van der Waals surface area contributed by atoms with E-state index in [9.17, 15) is 0 Å². The van der Waals surface area contributed by atoms with Crippen LogP contribution in [0, 0.1) is 0 Å². The Morgan fingerprint density at radius 2 is 1.57 bits per heavy atom. The molecule has 0 aliphatic heterocycles. The maximum Gasteiger partial charge on any atom is 0.161 e. The van der Waals surface area contributed by atoms with Crippen LogP contribution in [0.25, 0.3) is 0 Å². The van der Waals surface area contributed by atoms with Crippen molar-refractivity contribution < 1.29 is 14.2 Å². The first-order valence-corrected chi connectivity index (χ1v) is 7.68. The molecule has 0 N–H and O–H groups in total. The Labute approximate surface area is 137 Å². The first-order chi connectivity index (χ1) is 10.2. The van der Waals surface area contributed by atoms with Gasteiger partial charge in [0.1, 0.15) is 12.4 Å². The Balaban J connectivity index is 2.10. The van der Waals surface area contributed by atoms with Gasteiger partial charge < -0.3 is 14.2 Å². The largest absolute Gasteiger partial charge is 0.496 e. The summed E-state index contributed by atoms with van der Waals surface area (Å²) in [5, 5.41) is 0. The molecule has 0 aliphatic rings. The van der Waals surface area contributed by atoms with E-state index in [-0.39, 0.29) is 0 Å². The summed E-state index contributed by atoms with van der Waals surface area (Å²) in [4.78, 5) is 0. The lowest BCUT2D eigenvalue weighted by molar-refractivity contribution is 0.284. The van der Waals surface area contributed by atoms with Gasteiger partial charge in [-0.1, -0.05) is 12.1 Å². The molecule has 0 saturated carbocycles. The molecule has 0 bridgehead atoms. The normalized spacial score (nSPS) is 10.3. The third-order valence-corrected chi connectivity index (χ3v) is 3.92. The van der Waals surface area contributed by atoms with Gasteiger partial charge in [0.15, 0.2) is 11.5 Å². The second-order valence-electron chi connectivity index (χ2n) is 4.38. The van der Waals surface area contributed by atoms with Crippen molar-refractivity contribution in [2.75, 3.05) is 14.2 Å². The summed E-state index contributed by atoms with van der Waals surface area (Å²) in [6, 6.07) is 11.5. The lowest BCUT2D eigenvalue weighted by Crippen LogP contribution is -1.98. The Kier molecular flexibility index (Phi) is 5.76. The van der Waals surface area contributed by atoms with Crippen molar-refractivity contribution in [3.63, 3.8) is 0 Å². The Morgan fingerprint density at radius 1 is 0.905 bits per heavy atom. The predicted octanol–water partition coefficient (Wildman–Crippen LogP) is 4.78. The summed E-state index contributed by atoms with van der Waals surface area (Å²) < 4.78 is 17.2. The minimum Gasteiger partial charge on any atom is -0.496 e. The topological polar surface area (TPSA) is 27.7 Å². The van der Waals surface area contributed by atoms with Crippen molar-refractivity contribution in [2.45, 2.75) is 12.5 Å². The number of methoxy groups -OCH3 is 2. The van der Waals surface area contributed by atoms with Crippen molar-refractivity contribution in [1.82, 2.24) is 0 Å². The molecule has 0 aliphatic carbocycles. The van der Waals surface area contributed by atoms with E-state index in [0.717, 1.165) is 21.3 Å². The van der Waals surface area contributed by atoms with Crippen LogP contribution in [0.4, 0.5) is 0 Å². The molecule has 0 aromatic heterocycles. The van der Waals surface area contributed by atoms with Gasteiger partial charge in [-0.2, -0.15) is 0 Å². The molecular formula is C16H16BrClO3. The summed E-state index contributed by atoms with van der Waals surface area (Å²) in [7, 11) is 3.25. The highest BCUT2D eigenvalue weighted by atomic mass is 79.9. The minimum atomic E-state index is 0.444. The van der Waals surface area contributed by atoms with Crippen LogP contribution in [0.2, 0.25) is 0 Å². The molecule has 0 radical (unpaired) electrons. The smallest absolute Gasteiger partial charge is 0.161 e. The second-order valence-corrected chi connectivity index (χ2v) is 5.50. The van der Waals surface area contributed by atoms with Gasteiger partial charge >= 0.3 is 0 Å². The molecule has 0 amide bonds. The Morgan fingerprint density at radius 3 is 2.19 bits per heavy atom. The van der Waals surface area contributed by atoms with Crippen LogP contribution in [-0.2, 0) is 12.5 Å². The van der Waals surface area contributed by atoms with Gasteiger partial charge in [-0.05, 0) is 51.3 Å². The van der Waals surface area contributed by atoms with Crippen LogP contribution < -0.4 is 14.2 Å². The van der Waals surface area contributed by atoms with E-state index in [2.05, 4.69) is 15.9 Å². The molecule has 0 unspecified atom stereocenters. The summed E-state index contributed by atoms with van der Waals surface area (Å²) in [6.07, 6.45) is 0. The number of alkyl halides is 1. The van der Waals surface area contributed by atoms with Crippen LogP contribution >= 0.6 is 27.5 Å². The molecule has 3 nitrogen and oxygen atoms in total. The lowest BCUT2D eigenvalue weighted by atomic mass is 10.2. The number of ether oxygens (including phenoxy) is 3. The highest BCUT2D eigenvalue weighted by Crippen LogP contribution is 2.30. The SMILES string of the molecule is COc1ccc(COc2ccc(CCl)cc2OC)cc1Br. The quantitative estimate of drug-likeness (QED) is 0.684. The summed E-state index contributed by atoms with van der Waals surface area (Å²) >= 11 is 9.27. The van der Waals surface area contributed by atoms with Gasteiger partial charge in [0.25, 0.3) is 0 Å². The highest BCUT2D eigenvalue weighted by molar-refractivity contribution is 9.10. The van der Waals surface area contributed by atoms with E-state index in [0.29, 0.717) is 24.0 Å². The van der Waals surface area contributed by atoms with Crippen molar-refractivity contribution in [2.24, 2.45) is 0 Å². The van der Waals surface area contributed by atoms with Crippen LogP contribution in [0.15, 0.2) is 40.9 Å². The first kappa shape index (κ1) is 16.0. The first-order valence-electron chi connectivity index (χ1n) is 6.36. The third kappa shape index (κ3) is 4.05. The van der Waals surface area contributed by atoms with Crippen LogP contribution in [0.5, 0.6) is 17.2 Å². The zero-order chi connectivity index (χ0) is 15.2. The summed E-state index contributed by atoms with van der Waals surface area (Å²) in [5.41, 5.74) is 2.03. The third-order valence-electron chi connectivity index (χ3n) is 2.99. The Hall–Kier alpha value is -1.39. The van der Waals surface area contributed by atoms with E-state index in [1.165, 1.54) is 0 Å². The molecule has 0 spiro atoms. The number of hydrogen-bond acceptors (Lipinski definition) is 3. The number of halogens is 2. The molecular weight excluding hydrogens is 356 g/mol. The molecule has 0 fully saturated rings. The van der Waals surface area contributed by atoms with Crippen molar-refractivity contribution >= 4 is 27.5 Å². The maximum atomic E-state index is 5.81. The molecule has 5 heteroatoms. The van der Waals surface area contributed by atoms with Crippen molar-refractivity contribution in [3.05, 3.63) is 52.0 Å². The van der Waals surface area contributed by atoms with E-state index in [1.807, 2.05) is 36.4 Å². The number of rotatable bonds is 6. The average Bonchev–Trinajstić information content (AvgIpc) is 2.52. The van der Waals surface area contributed by atoms with Gasteiger partial charge in [-0.3, -0.25) is 0 Å². The monoisotopic (exact) mass is 370 g/mol. The van der Waals surface area contributed by atoms with Gasteiger partial charge in [0.2, 0.25) is 0 Å². The van der Waals surface area contributed by atoms with E-state index in [1.54, 1.807) is 14.2 Å². The molecule has 0 atom stereocenters. The Bertz CT molecular complexity index is 616. The molecule has 2 aromatic rings. The van der Waals surface area contributed by atoms with Crippen LogP contribution in [0.1, 0.15) is 11.1 Å². The number of benzene rings is 2. The van der Waals surface area contributed by atoms with Gasteiger partial charge in [0, 0.05) is 5.88 Å². The zero-order valence-corrected chi connectivity index (χ0v) is 14.2. The summed E-state index contributed by atoms with van der Waals surface area (Å²) in [6.45, 7) is 0.444. The van der Waals surface area contributed by atoms with Crippen LogP contribution in [0.3, 0.4) is 0 Å². The fourth-order valence-electron chi connectivity index (χ4n) is 1.88. The van der Waals surface area contributed by atoms with Gasteiger partial charge in [-0.15, -0.1) is 11.6 Å². The molecule has 2 rings (SSSR count). The maximum absolute atomic E-state index is 5.81. The second kappa shape index (κ2) is 7.57. The highest BCUT2D eigenvalue weighted by Gasteiger charge is 2.07. The zero-order valence-electron chi connectivity index (χ0n) is 11.9. The number of hydrogen-bond donors (Lipinski definition) is 0. The summed E-state index contributed by atoms with van der Waals surface area (Å²) in [5.74, 6) is 2.61. The van der Waals surface area contributed by atoms with Crippen molar-refractivity contribution in [1.29, 1.82) is 0 Å². The molecule has 0 heterocycles. The van der Waals surface area contributed by atoms with E-state index in [4.69, 9.17) is 25.8 Å². The fraction of sp³-hybridized carbons (Fsp3) is 0.250. The molecule has 112 valence electrons. The minimum absolute atomic E-state index is 0.444. The molecule has 21 heavy (non-hydrogen) atoms. The van der Waals surface area contributed by atoms with E-state index >= 15 is 0 Å². The van der Waals surface area contributed by atoms with Gasteiger partial charge in [0.05, 0.1) is 18.7 Å². The van der Waals surface area contributed by atoms with Gasteiger partial charge in [-0.25, -0.2) is 0 Å². The standard InChI is InChI=1S/C16H16BrClO3/c1-19-14-5-4-12(7-13(14)17)10-21-15-6-3-11(9-18)8-16(15)20-2/h3-8H,9-10H2,1-2H3. The van der Waals surface area contributed by atoms with E-state index < -0.39 is 0 Å². The predicted molar refractivity (Wildman–Crippen MR) is 87.6 cm³/mol.